The van der Waals surface area contributed by atoms with Crippen molar-refractivity contribution >= 4 is 32.4 Å². The Morgan fingerprint density at radius 3 is 2.62 bits per heavy atom. The Morgan fingerprint density at radius 2 is 2.05 bits per heavy atom. The van der Waals surface area contributed by atoms with Crippen LogP contribution in [0.3, 0.4) is 0 Å². The van der Waals surface area contributed by atoms with Crippen LogP contribution in [0, 0.1) is 11.3 Å². The average molecular weight is 330 g/mol. The number of sulfonamides is 1. The van der Waals surface area contributed by atoms with E-state index < -0.39 is 10.0 Å². The summed E-state index contributed by atoms with van der Waals surface area (Å²) in [5.41, 5.74) is 0. The van der Waals surface area contributed by atoms with Crippen LogP contribution in [0.4, 0.5) is 5.13 Å². The van der Waals surface area contributed by atoms with Crippen molar-refractivity contribution in [2.45, 2.75) is 11.3 Å². The van der Waals surface area contributed by atoms with Crippen molar-refractivity contribution in [2.24, 2.45) is 0 Å². The van der Waals surface area contributed by atoms with Crippen LogP contribution >= 0.6 is 11.3 Å². The third kappa shape index (κ3) is 3.73. The topological polar surface area (TPSA) is 119 Å². The van der Waals surface area contributed by atoms with E-state index in [0.717, 1.165) is 11.3 Å². The second-order valence-electron chi connectivity index (χ2n) is 4.39. The van der Waals surface area contributed by atoms with Gasteiger partial charge in [-0.2, -0.15) is 9.57 Å². The number of amides is 1. The SMILES string of the molecule is CC(=O)Nc1nnc(S(=O)(=O)N2CCN(CC#N)CC2)s1. The van der Waals surface area contributed by atoms with E-state index in [1.165, 1.54) is 11.2 Å². The van der Waals surface area contributed by atoms with Crippen molar-refractivity contribution in [2.75, 3.05) is 38.0 Å². The largest absolute Gasteiger partial charge is 0.301 e. The lowest BCUT2D eigenvalue weighted by atomic mass is 10.4. The van der Waals surface area contributed by atoms with Gasteiger partial charge in [-0.25, -0.2) is 8.42 Å². The molecule has 2 rings (SSSR count). The Morgan fingerprint density at radius 1 is 1.38 bits per heavy atom. The number of nitrogens with zero attached hydrogens (tertiary/aromatic N) is 5. The Balaban J connectivity index is 2.07. The lowest BCUT2D eigenvalue weighted by Gasteiger charge is -2.31. The molecular weight excluding hydrogens is 316 g/mol. The van der Waals surface area contributed by atoms with E-state index in [-0.39, 0.29) is 15.4 Å². The van der Waals surface area contributed by atoms with E-state index in [2.05, 4.69) is 15.5 Å². The maximum absolute atomic E-state index is 12.4. The van der Waals surface area contributed by atoms with E-state index >= 15 is 0 Å². The summed E-state index contributed by atoms with van der Waals surface area (Å²) in [6, 6.07) is 2.04. The van der Waals surface area contributed by atoms with Crippen LogP contribution in [-0.4, -0.2) is 66.5 Å². The smallest absolute Gasteiger partial charge is 0.272 e. The highest BCUT2D eigenvalue weighted by atomic mass is 32.2. The van der Waals surface area contributed by atoms with Gasteiger partial charge in [-0.1, -0.05) is 11.3 Å². The van der Waals surface area contributed by atoms with Crippen LogP contribution in [0.5, 0.6) is 0 Å². The van der Waals surface area contributed by atoms with Crippen molar-refractivity contribution in [3.05, 3.63) is 0 Å². The van der Waals surface area contributed by atoms with Gasteiger partial charge < -0.3 is 5.32 Å². The standard InChI is InChI=1S/C10H14N6O3S2/c1-8(17)12-9-13-14-10(20-9)21(18,19)16-6-4-15(3-2-11)5-7-16/h3-7H2,1H3,(H,12,13,17). The zero-order valence-corrected chi connectivity index (χ0v) is 12.9. The third-order valence-electron chi connectivity index (χ3n) is 2.88. The predicted octanol–water partition coefficient (Wildman–Crippen LogP) is -0.674. The lowest BCUT2D eigenvalue weighted by Crippen LogP contribution is -2.48. The number of hydrogen-bond acceptors (Lipinski definition) is 8. The summed E-state index contributed by atoms with van der Waals surface area (Å²) in [4.78, 5) is 12.8. The highest BCUT2D eigenvalue weighted by Crippen LogP contribution is 2.24. The quantitative estimate of drug-likeness (QED) is 0.574. The van der Waals surface area contributed by atoms with Gasteiger partial charge in [0.1, 0.15) is 0 Å². The Bertz CT molecular complexity index is 657. The third-order valence-corrected chi connectivity index (χ3v) is 5.96. The molecule has 21 heavy (non-hydrogen) atoms. The van der Waals surface area contributed by atoms with E-state index in [4.69, 9.17) is 5.26 Å². The molecule has 0 saturated carbocycles. The van der Waals surface area contributed by atoms with Crippen molar-refractivity contribution in [3.63, 3.8) is 0 Å². The van der Waals surface area contributed by atoms with Crippen LogP contribution in [0.2, 0.25) is 0 Å². The maximum atomic E-state index is 12.4. The molecule has 1 aromatic rings. The van der Waals surface area contributed by atoms with Gasteiger partial charge in [-0.3, -0.25) is 9.69 Å². The first-order chi connectivity index (χ1) is 9.93. The number of carbonyl (C=O) groups excluding carboxylic acids is 1. The highest BCUT2D eigenvalue weighted by molar-refractivity contribution is 7.91. The molecule has 1 amide bonds. The van der Waals surface area contributed by atoms with Crippen LogP contribution in [0.1, 0.15) is 6.92 Å². The molecule has 0 spiro atoms. The first-order valence-corrected chi connectivity index (χ1v) is 8.39. The molecule has 0 aromatic carbocycles. The first-order valence-electron chi connectivity index (χ1n) is 6.14. The molecule has 11 heteroatoms. The molecule has 1 fully saturated rings. The minimum absolute atomic E-state index is 0.139. The molecule has 0 unspecified atom stereocenters. The fourth-order valence-electron chi connectivity index (χ4n) is 1.85. The Labute approximate surface area is 126 Å². The van der Waals surface area contributed by atoms with Gasteiger partial charge in [0.2, 0.25) is 15.4 Å². The maximum Gasteiger partial charge on any atom is 0.272 e. The number of piperazine rings is 1. The fraction of sp³-hybridized carbons (Fsp3) is 0.600. The molecule has 114 valence electrons. The number of nitrogens with one attached hydrogen (secondary N) is 1. The first kappa shape index (κ1) is 15.8. The summed E-state index contributed by atoms with van der Waals surface area (Å²) in [5.74, 6) is -0.333. The van der Waals surface area contributed by atoms with E-state index in [0.29, 0.717) is 32.7 Å². The Hall–Kier alpha value is -1.61. The molecule has 9 nitrogen and oxygen atoms in total. The van der Waals surface area contributed by atoms with Gasteiger partial charge in [0.25, 0.3) is 10.0 Å². The van der Waals surface area contributed by atoms with E-state index in [1.54, 1.807) is 0 Å². The number of nitriles is 1. The summed E-state index contributed by atoms with van der Waals surface area (Å²) in [6.45, 7) is 3.22. The van der Waals surface area contributed by atoms with Crippen molar-refractivity contribution < 1.29 is 13.2 Å². The van der Waals surface area contributed by atoms with Crippen LogP contribution in [0.15, 0.2) is 4.34 Å². The van der Waals surface area contributed by atoms with Gasteiger partial charge in [0, 0.05) is 33.1 Å². The zero-order valence-electron chi connectivity index (χ0n) is 11.3. The van der Waals surface area contributed by atoms with E-state index in [1.807, 2.05) is 11.0 Å². The molecule has 0 radical (unpaired) electrons. The molecule has 1 aliphatic rings. The molecule has 1 N–H and O–H groups in total. The molecule has 1 saturated heterocycles. The van der Waals surface area contributed by atoms with Gasteiger partial charge in [-0.05, 0) is 0 Å². The Kier molecular flexibility index (Phi) is 4.84. The molecule has 0 bridgehead atoms. The second kappa shape index (κ2) is 6.44. The van der Waals surface area contributed by atoms with Crippen molar-refractivity contribution in [3.8, 4) is 6.07 Å². The van der Waals surface area contributed by atoms with Crippen LogP contribution < -0.4 is 5.32 Å². The van der Waals surface area contributed by atoms with E-state index in [9.17, 15) is 13.2 Å². The molecule has 2 heterocycles. The number of carbonyl (C=O) groups is 1. The van der Waals surface area contributed by atoms with Crippen LogP contribution in [-0.2, 0) is 14.8 Å². The summed E-state index contributed by atoms with van der Waals surface area (Å²) in [6.07, 6.45) is 0. The van der Waals surface area contributed by atoms with Gasteiger partial charge in [0.15, 0.2) is 0 Å². The number of hydrogen-bond donors (Lipinski definition) is 1. The predicted molar refractivity (Wildman–Crippen MR) is 75.0 cm³/mol. The summed E-state index contributed by atoms with van der Waals surface area (Å²) in [7, 11) is -3.70. The van der Waals surface area contributed by atoms with Crippen molar-refractivity contribution in [1.82, 2.24) is 19.4 Å². The van der Waals surface area contributed by atoms with Crippen LogP contribution in [0.25, 0.3) is 0 Å². The summed E-state index contributed by atoms with van der Waals surface area (Å²) < 4.78 is 26.0. The summed E-state index contributed by atoms with van der Waals surface area (Å²) in [5, 5.41) is 18.5. The number of rotatable bonds is 4. The van der Waals surface area contributed by atoms with Gasteiger partial charge in [0.05, 0.1) is 12.6 Å². The summed E-state index contributed by atoms with van der Waals surface area (Å²) >= 11 is 0.823. The van der Waals surface area contributed by atoms with Crippen molar-refractivity contribution in [1.29, 1.82) is 5.26 Å². The molecule has 0 atom stereocenters. The van der Waals surface area contributed by atoms with Gasteiger partial charge in [-0.15, -0.1) is 10.2 Å². The molecule has 1 aliphatic heterocycles. The minimum atomic E-state index is -3.70. The zero-order chi connectivity index (χ0) is 15.5. The average Bonchev–Trinajstić information content (AvgIpc) is 2.88. The fourth-order valence-corrected chi connectivity index (χ4v) is 4.36. The number of anilines is 1. The molecule has 0 aliphatic carbocycles. The minimum Gasteiger partial charge on any atom is -0.301 e. The molecule has 1 aromatic heterocycles. The second-order valence-corrected chi connectivity index (χ2v) is 7.48. The van der Waals surface area contributed by atoms with Gasteiger partial charge >= 0.3 is 0 Å². The monoisotopic (exact) mass is 330 g/mol. The highest BCUT2D eigenvalue weighted by Gasteiger charge is 2.31. The lowest BCUT2D eigenvalue weighted by molar-refractivity contribution is -0.114. The molecular formula is C10H14N6O3S2. The normalized spacial score (nSPS) is 17.3. The number of aromatic nitrogens is 2.